The topological polar surface area (TPSA) is 73.4 Å². The van der Waals surface area contributed by atoms with Gasteiger partial charge in [-0.3, -0.25) is 9.59 Å². The third kappa shape index (κ3) is 2.39. The SMILES string of the molecule is Cc1cccc2[nH]cc(CC(=O)N3CCC4(CC3)CC4C(=O)O)c12. The normalized spacial score (nSPS) is 22.0. The quantitative estimate of drug-likeness (QED) is 0.911. The van der Waals surface area contributed by atoms with E-state index in [0.29, 0.717) is 19.5 Å². The van der Waals surface area contributed by atoms with Crippen molar-refractivity contribution in [3.05, 3.63) is 35.5 Å². The Balaban J connectivity index is 1.43. The number of H-pyrrole nitrogens is 1. The van der Waals surface area contributed by atoms with Crippen LogP contribution >= 0.6 is 0 Å². The third-order valence-electron chi connectivity index (χ3n) is 5.94. The van der Waals surface area contributed by atoms with Crippen LogP contribution in [0.5, 0.6) is 0 Å². The minimum atomic E-state index is -0.677. The second-order valence-electron chi connectivity index (χ2n) is 7.33. The van der Waals surface area contributed by atoms with Crippen LogP contribution in [-0.4, -0.2) is 40.0 Å². The lowest BCUT2D eigenvalue weighted by molar-refractivity contribution is -0.139. The number of nitrogens with one attached hydrogen (secondary N) is 1. The number of carboxylic acid groups (broad SMARTS) is 1. The van der Waals surface area contributed by atoms with Crippen LogP contribution in [0.4, 0.5) is 0 Å². The monoisotopic (exact) mass is 326 g/mol. The predicted octanol–water partition coefficient (Wildman–Crippen LogP) is 2.73. The molecule has 0 bridgehead atoms. The molecule has 2 fully saturated rings. The Hall–Kier alpha value is -2.30. The van der Waals surface area contributed by atoms with Gasteiger partial charge in [0.1, 0.15) is 0 Å². The fourth-order valence-electron chi connectivity index (χ4n) is 4.32. The summed E-state index contributed by atoms with van der Waals surface area (Å²) in [4.78, 5) is 28.9. The van der Waals surface area contributed by atoms with Crippen molar-refractivity contribution >= 4 is 22.8 Å². The summed E-state index contributed by atoms with van der Waals surface area (Å²) in [6.45, 7) is 3.43. The molecule has 2 N–H and O–H groups in total. The molecule has 1 saturated carbocycles. The number of carboxylic acids is 1. The number of hydrogen-bond donors (Lipinski definition) is 2. The van der Waals surface area contributed by atoms with E-state index < -0.39 is 5.97 Å². The van der Waals surface area contributed by atoms with Gasteiger partial charge in [0.25, 0.3) is 0 Å². The number of aromatic nitrogens is 1. The molecule has 4 rings (SSSR count). The van der Waals surface area contributed by atoms with Crippen LogP contribution in [0, 0.1) is 18.3 Å². The number of carbonyl (C=O) groups excluding carboxylic acids is 1. The first-order valence-corrected chi connectivity index (χ1v) is 8.56. The smallest absolute Gasteiger partial charge is 0.307 e. The highest BCUT2D eigenvalue weighted by molar-refractivity contribution is 5.91. The van der Waals surface area contributed by atoms with Crippen LogP contribution in [-0.2, 0) is 16.0 Å². The first-order valence-electron chi connectivity index (χ1n) is 8.56. The number of fused-ring (bicyclic) bond motifs is 1. The molecule has 1 amide bonds. The average molecular weight is 326 g/mol. The van der Waals surface area contributed by atoms with E-state index >= 15 is 0 Å². The number of amides is 1. The maximum Gasteiger partial charge on any atom is 0.307 e. The van der Waals surface area contributed by atoms with Crippen LogP contribution < -0.4 is 0 Å². The van der Waals surface area contributed by atoms with Crippen molar-refractivity contribution < 1.29 is 14.7 Å². The fraction of sp³-hybridized carbons (Fsp3) is 0.474. The molecule has 1 aliphatic heterocycles. The van der Waals surface area contributed by atoms with E-state index in [1.54, 1.807) is 0 Å². The number of aromatic amines is 1. The molecule has 1 aliphatic carbocycles. The van der Waals surface area contributed by atoms with Crippen molar-refractivity contribution in [2.24, 2.45) is 11.3 Å². The van der Waals surface area contributed by atoms with Gasteiger partial charge in [0.15, 0.2) is 0 Å². The highest BCUT2D eigenvalue weighted by Crippen LogP contribution is 2.59. The largest absolute Gasteiger partial charge is 0.481 e. The average Bonchev–Trinajstić information content (AvgIpc) is 3.10. The van der Waals surface area contributed by atoms with Crippen molar-refractivity contribution in [2.75, 3.05) is 13.1 Å². The molecular weight excluding hydrogens is 304 g/mol. The molecule has 1 atom stereocenters. The van der Waals surface area contributed by atoms with Gasteiger partial charge in [0.05, 0.1) is 12.3 Å². The van der Waals surface area contributed by atoms with Gasteiger partial charge in [0, 0.05) is 30.2 Å². The molecule has 1 aromatic heterocycles. The minimum Gasteiger partial charge on any atom is -0.481 e. The number of nitrogens with zero attached hydrogens (tertiary/aromatic N) is 1. The Kier molecular flexibility index (Phi) is 3.41. The molecule has 2 heterocycles. The Bertz CT molecular complexity index is 815. The van der Waals surface area contributed by atoms with Gasteiger partial charge < -0.3 is 15.0 Å². The maximum absolute atomic E-state index is 12.7. The van der Waals surface area contributed by atoms with Gasteiger partial charge in [-0.15, -0.1) is 0 Å². The lowest BCUT2D eigenvalue weighted by Gasteiger charge is -2.32. The molecule has 2 aromatic rings. The molecule has 1 saturated heterocycles. The molecular formula is C19H22N2O3. The lowest BCUT2D eigenvalue weighted by Crippen LogP contribution is -2.40. The van der Waals surface area contributed by atoms with Crippen molar-refractivity contribution in [2.45, 2.75) is 32.6 Å². The van der Waals surface area contributed by atoms with Gasteiger partial charge in [-0.05, 0) is 48.8 Å². The Labute approximate surface area is 140 Å². The zero-order valence-corrected chi connectivity index (χ0v) is 13.8. The van der Waals surface area contributed by atoms with Crippen LogP contribution in [0.25, 0.3) is 10.9 Å². The fourth-order valence-corrected chi connectivity index (χ4v) is 4.32. The van der Waals surface area contributed by atoms with Gasteiger partial charge in [-0.2, -0.15) is 0 Å². The first-order chi connectivity index (χ1) is 11.5. The molecule has 1 aromatic carbocycles. The maximum atomic E-state index is 12.7. The number of aliphatic carboxylic acids is 1. The number of aryl methyl sites for hydroxylation is 1. The van der Waals surface area contributed by atoms with E-state index in [1.165, 1.54) is 5.56 Å². The summed E-state index contributed by atoms with van der Waals surface area (Å²) in [5, 5.41) is 10.3. The Morgan fingerprint density at radius 3 is 2.75 bits per heavy atom. The zero-order valence-electron chi connectivity index (χ0n) is 13.8. The van der Waals surface area contributed by atoms with Crippen LogP contribution in [0.3, 0.4) is 0 Å². The van der Waals surface area contributed by atoms with E-state index in [2.05, 4.69) is 18.0 Å². The minimum absolute atomic E-state index is 0.0278. The van der Waals surface area contributed by atoms with Crippen molar-refractivity contribution in [1.29, 1.82) is 0 Å². The van der Waals surface area contributed by atoms with Crippen LogP contribution in [0.15, 0.2) is 24.4 Å². The number of rotatable bonds is 3. The Morgan fingerprint density at radius 2 is 2.08 bits per heavy atom. The Morgan fingerprint density at radius 1 is 1.33 bits per heavy atom. The first kappa shape index (κ1) is 15.2. The van der Waals surface area contributed by atoms with Gasteiger partial charge in [-0.1, -0.05) is 12.1 Å². The van der Waals surface area contributed by atoms with Crippen molar-refractivity contribution in [3.8, 4) is 0 Å². The molecule has 126 valence electrons. The third-order valence-corrected chi connectivity index (χ3v) is 5.94. The van der Waals surface area contributed by atoms with Gasteiger partial charge in [-0.25, -0.2) is 0 Å². The van der Waals surface area contributed by atoms with E-state index in [-0.39, 0.29) is 17.2 Å². The predicted molar refractivity (Wildman–Crippen MR) is 90.7 cm³/mol. The van der Waals surface area contributed by atoms with Crippen LogP contribution in [0.2, 0.25) is 0 Å². The molecule has 24 heavy (non-hydrogen) atoms. The second kappa shape index (κ2) is 5.36. The highest BCUT2D eigenvalue weighted by atomic mass is 16.4. The van der Waals surface area contributed by atoms with E-state index in [9.17, 15) is 9.59 Å². The number of benzene rings is 1. The number of piperidine rings is 1. The summed E-state index contributed by atoms with van der Waals surface area (Å²) in [7, 11) is 0. The summed E-state index contributed by atoms with van der Waals surface area (Å²) >= 11 is 0. The summed E-state index contributed by atoms with van der Waals surface area (Å²) in [5.41, 5.74) is 3.26. The molecule has 5 nitrogen and oxygen atoms in total. The highest BCUT2D eigenvalue weighted by Gasteiger charge is 2.59. The molecule has 0 radical (unpaired) electrons. The molecule has 1 spiro atoms. The van der Waals surface area contributed by atoms with Crippen LogP contribution in [0.1, 0.15) is 30.4 Å². The number of carbonyl (C=O) groups is 2. The van der Waals surface area contributed by atoms with E-state index in [4.69, 9.17) is 5.11 Å². The van der Waals surface area contributed by atoms with Gasteiger partial charge >= 0.3 is 5.97 Å². The van der Waals surface area contributed by atoms with Gasteiger partial charge in [0.2, 0.25) is 5.91 Å². The van der Waals surface area contributed by atoms with E-state index in [0.717, 1.165) is 35.7 Å². The standard InChI is InChI=1S/C19H22N2O3/c1-12-3-2-4-15-17(12)13(11-20-15)9-16(22)21-7-5-19(6-8-21)10-14(19)18(23)24/h2-4,11,14,20H,5-10H2,1H3,(H,23,24). The van der Waals surface area contributed by atoms with Crippen molar-refractivity contribution in [3.63, 3.8) is 0 Å². The van der Waals surface area contributed by atoms with Crippen molar-refractivity contribution in [1.82, 2.24) is 9.88 Å². The molecule has 2 aliphatic rings. The second-order valence-corrected chi connectivity index (χ2v) is 7.33. The summed E-state index contributed by atoms with van der Waals surface area (Å²) < 4.78 is 0. The summed E-state index contributed by atoms with van der Waals surface area (Å²) in [6, 6.07) is 6.10. The summed E-state index contributed by atoms with van der Waals surface area (Å²) in [5.74, 6) is -0.725. The van der Waals surface area contributed by atoms with E-state index in [1.807, 2.05) is 23.2 Å². The number of likely N-dealkylation sites (tertiary alicyclic amines) is 1. The lowest BCUT2D eigenvalue weighted by atomic mass is 9.90. The zero-order chi connectivity index (χ0) is 16.9. The number of hydrogen-bond acceptors (Lipinski definition) is 2. The molecule has 1 unspecified atom stereocenters. The molecule has 5 heteroatoms. The summed E-state index contributed by atoms with van der Waals surface area (Å²) in [6.07, 6.45) is 4.76.